The third-order valence-electron chi connectivity index (χ3n) is 4.17. The van der Waals surface area contributed by atoms with Gasteiger partial charge in [-0.25, -0.2) is 0 Å². The van der Waals surface area contributed by atoms with Gasteiger partial charge in [-0.15, -0.1) is 11.3 Å². The van der Waals surface area contributed by atoms with Gasteiger partial charge >= 0.3 is 0 Å². The molecular weight excluding hydrogens is 240 g/mol. The van der Waals surface area contributed by atoms with E-state index < -0.39 is 0 Å². The molecule has 1 unspecified atom stereocenters. The second kappa shape index (κ2) is 7.27. The van der Waals surface area contributed by atoms with Gasteiger partial charge in [0.25, 0.3) is 0 Å². The van der Waals surface area contributed by atoms with E-state index in [-0.39, 0.29) is 0 Å². The number of rotatable bonds is 5. The predicted octanol–water partition coefficient (Wildman–Crippen LogP) is 3.66. The molecule has 0 bridgehead atoms. The van der Waals surface area contributed by atoms with E-state index in [0.29, 0.717) is 6.04 Å². The summed E-state index contributed by atoms with van der Waals surface area (Å²) in [6.45, 7) is 2.22. The van der Waals surface area contributed by atoms with Crippen LogP contribution < -0.4 is 11.3 Å². The molecule has 102 valence electrons. The molecule has 3 N–H and O–H groups in total. The van der Waals surface area contributed by atoms with Crippen LogP contribution in [0.2, 0.25) is 0 Å². The zero-order valence-electron chi connectivity index (χ0n) is 11.5. The SMILES string of the molecule is CCc1ccc(CC(NN)C2CCCCCC2)s1. The fraction of sp³-hybridized carbons (Fsp3) is 0.733. The van der Waals surface area contributed by atoms with Crippen molar-refractivity contribution >= 4 is 11.3 Å². The number of nitrogens with one attached hydrogen (secondary N) is 1. The standard InChI is InChI=1S/C15H26N2S/c1-2-13-9-10-14(18-13)11-15(17-16)12-7-5-3-4-6-8-12/h9-10,12,15,17H,2-8,11,16H2,1H3. The van der Waals surface area contributed by atoms with E-state index in [9.17, 15) is 0 Å². The molecule has 0 spiro atoms. The van der Waals surface area contributed by atoms with E-state index in [1.54, 1.807) is 0 Å². The fourth-order valence-electron chi connectivity index (χ4n) is 3.01. The molecule has 1 saturated carbocycles. The molecule has 1 aliphatic carbocycles. The summed E-state index contributed by atoms with van der Waals surface area (Å²) in [5, 5.41) is 0. The maximum Gasteiger partial charge on any atom is 0.0286 e. The van der Waals surface area contributed by atoms with Crippen molar-refractivity contribution in [1.29, 1.82) is 0 Å². The highest BCUT2D eigenvalue weighted by atomic mass is 32.1. The van der Waals surface area contributed by atoms with Gasteiger partial charge in [-0.3, -0.25) is 11.3 Å². The molecule has 0 amide bonds. The Morgan fingerprint density at radius 1 is 1.22 bits per heavy atom. The Labute approximate surface area is 115 Å². The maximum atomic E-state index is 5.80. The largest absolute Gasteiger partial charge is 0.271 e. The zero-order valence-corrected chi connectivity index (χ0v) is 12.3. The molecule has 0 saturated heterocycles. The summed E-state index contributed by atoms with van der Waals surface area (Å²) in [6.07, 6.45) is 10.5. The van der Waals surface area contributed by atoms with Gasteiger partial charge < -0.3 is 0 Å². The highest BCUT2D eigenvalue weighted by Gasteiger charge is 2.22. The molecular formula is C15H26N2S. The summed E-state index contributed by atoms with van der Waals surface area (Å²) in [5.41, 5.74) is 3.08. The Kier molecular flexibility index (Phi) is 5.67. The number of nitrogens with two attached hydrogens (primary N) is 1. The summed E-state index contributed by atoms with van der Waals surface area (Å²) in [4.78, 5) is 2.97. The summed E-state index contributed by atoms with van der Waals surface area (Å²) in [7, 11) is 0. The fourth-order valence-corrected chi connectivity index (χ4v) is 4.03. The molecule has 1 atom stereocenters. The first-order chi connectivity index (χ1) is 8.83. The lowest BCUT2D eigenvalue weighted by atomic mass is 9.90. The van der Waals surface area contributed by atoms with Gasteiger partial charge in [-0.05, 0) is 43.7 Å². The van der Waals surface area contributed by atoms with Crippen LogP contribution in [0, 0.1) is 5.92 Å². The first-order valence-electron chi connectivity index (χ1n) is 7.37. The van der Waals surface area contributed by atoms with Crippen molar-refractivity contribution in [2.75, 3.05) is 0 Å². The Morgan fingerprint density at radius 3 is 2.44 bits per heavy atom. The molecule has 1 fully saturated rings. The number of hydrogen-bond acceptors (Lipinski definition) is 3. The van der Waals surface area contributed by atoms with E-state index >= 15 is 0 Å². The van der Waals surface area contributed by atoms with E-state index in [1.807, 2.05) is 11.3 Å². The second-order valence-electron chi connectivity index (χ2n) is 5.45. The summed E-state index contributed by atoms with van der Waals surface area (Å²) in [5.74, 6) is 6.56. The van der Waals surface area contributed by atoms with Crippen LogP contribution in [0.1, 0.15) is 55.2 Å². The van der Waals surface area contributed by atoms with Crippen LogP contribution in [0.15, 0.2) is 12.1 Å². The molecule has 0 aromatic carbocycles. The molecule has 2 rings (SSSR count). The quantitative estimate of drug-likeness (QED) is 0.485. The van der Waals surface area contributed by atoms with Gasteiger partial charge in [-0.1, -0.05) is 32.6 Å². The van der Waals surface area contributed by atoms with E-state index in [4.69, 9.17) is 5.84 Å². The van der Waals surface area contributed by atoms with Crippen molar-refractivity contribution in [3.8, 4) is 0 Å². The van der Waals surface area contributed by atoms with Crippen molar-refractivity contribution < 1.29 is 0 Å². The first-order valence-corrected chi connectivity index (χ1v) is 8.19. The highest BCUT2D eigenvalue weighted by Crippen LogP contribution is 2.28. The van der Waals surface area contributed by atoms with E-state index in [0.717, 1.165) is 18.8 Å². The summed E-state index contributed by atoms with van der Waals surface area (Å²) in [6, 6.07) is 5.01. The Morgan fingerprint density at radius 2 is 1.89 bits per heavy atom. The second-order valence-corrected chi connectivity index (χ2v) is 6.70. The minimum atomic E-state index is 0.464. The van der Waals surface area contributed by atoms with Crippen LogP contribution in [0.5, 0.6) is 0 Å². The van der Waals surface area contributed by atoms with Crippen molar-refractivity contribution in [3.63, 3.8) is 0 Å². The van der Waals surface area contributed by atoms with Gasteiger partial charge in [0.1, 0.15) is 0 Å². The first kappa shape index (κ1) is 14.0. The Balaban J connectivity index is 1.94. The number of hydrogen-bond donors (Lipinski definition) is 2. The molecule has 0 radical (unpaired) electrons. The van der Waals surface area contributed by atoms with Crippen LogP contribution >= 0.6 is 11.3 Å². The molecule has 1 heterocycles. The topological polar surface area (TPSA) is 38.0 Å². The van der Waals surface area contributed by atoms with Gasteiger partial charge in [0.05, 0.1) is 0 Å². The summed E-state index contributed by atoms with van der Waals surface area (Å²) < 4.78 is 0. The Bertz CT molecular complexity index is 340. The van der Waals surface area contributed by atoms with Crippen molar-refractivity contribution in [1.82, 2.24) is 5.43 Å². The van der Waals surface area contributed by atoms with Gasteiger partial charge in [0.2, 0.25) is 0 Å². The third kappa shape index (κ3) is 3.81. The van der Waals surface area contributed by atoms with E-state index in [2.05, 4.69) is 24.5 Å². The number of hydrazine groups is 1. The monoisotopic (exact) mass is 266 g/mol. The van der Waals surface area contributed by atoms with Gasteiger partial charge in [-0.2, -0.15) is 0 Å². The molecule has 18 heavy (non-hydrogen) atoms. The lowest BCUT2D eigenvalue weighted by Crippen LogP contribution is -2.42. The predicted molar refractivity (Wildman–Crippen MR) is 79.7 cm³/mol. The highest BCUT2D eigenvalue weighted by molar-refractivity contribution is 7.11. The summed E-state index contributed by atoms with van der Waals surface area (Å²) >= 11 is 1.95. The molecule has 3 heteroatoms. The maximum absolute atomic E-state index is 5.80. The van der Waals surface area contributed by atoms with Crippen LogP contribution in [0.25, 0.3) is 0 Å². The van der Waals surface area contributed by atoms with Crippen LogP contribution in [-0.2, 0) is 12.8 Å². The molecule has 0 aliphatic heterocycles. The van der Waals surface area contributed by atoms with Crippen molar-refractivity contribution in [2.24, 2.45) is 11.8 Å². The average molecular weight is 266 g/mol. The minimum Gasteiger partial charge on any atom is -0.271 e. The van der Waals surface area contributed by atoms with Crippen LogP contribution in [-0.4, -0.2) is 6.04 Å². The number of aryl methyl sites for hydroxylation is 1. The van der Waals surface area contributed by atoms with Crippen LogP contribution in [0.3, 0.4) is 0 Å². The lowest BCUT2D eigenvalue weighted by Gasteiger charge is -2.25. The minimum absolute atomic E-state index is 0.464. The molecule has 1 aromatic heterocycles. The Hall–Kier alpha value is -0.380. The zero-order chi connectivity index (χ0) is 12.8. The van der Waals surface area contributed by atoms with Gasteiger partial charge in [0.15, 0.2) is 0 Å². The lowest BCUT2D eigenvalue weighted by molar-refractivity contribution is 0.321. The number of thiophene rings is 1. The normalized spacial score (nSPS) is 19.7. The molecule has 1 aromatic rings. The van der Waals surface area contributed by atoms with Crippen LogP contribution in [0.4, 0.5) is 0 Å². The smallest absolute Gasteiger partial charge is 0.0286 e. The van der Waals surface area contributed by atoms with Crippen molar-refractivity contribution in [3.05, 3.63) is 21.9 Å². The van der Waals surface area contributed by atoms with E-state index in [1.165, 1.54) is 48.3 Å². The third-order valence-corrected chi connectivity index (χ3v) is 5.42. The van der Waals surface area contributed by atoms with Gasteiger partial charge in [0, 0.05) is 15.8 Å². The molecule has 2 nitrogen and oxygen atoms in total. The average Bonchev–Trinajstić information content (AvgIpc) is 2.68. The van der Waals surface area contributed by atoms with Crippen molar-refractivity contribution in [2.45, 2.75) is 64.3 Å². The molecule has 1 aliphatic rings.